The van der Waals surface area contributed by atoms with Gasteiger partial charge in [0.15, 0.2) is 5.58 Å². The average Bonchev–Trinajstić information content (AvgIpc) is 2.55. The molecule has 92 valence electrons. The van der Waals surface area contributed by atoms with Crippen LogP contribution in [0, 0.1) is 0 Å². The lowest BCUT2D eigenvalue weighted by Gasteiger charge is -2.18. The summed E-state index contributed by atoms with van der Waals surface area (Å²) in [5.74, 6) is -0.430. The van der Waals surface area contributed by atoms with Gasteiger partial charge in [-0.3, -0.25) is 4.98 Å². The minimum absolute atomic E-state index is 0.180. The van der Waals surface area contributed by atoms with E-state index >= 15 is 0 Å². The summed E-state index contributed by atoms with van der Waals surface area (Å²) in [5.41, 5.74) is 7.92. The molecule has 0 aliphatic heterocycles. The van der Waals surface area contributed by atoms with Crippen molar-refractivity contribution < 1.29 is 4.42 Å². The van der Waals surface area contributed by atoms with Crippen LogP contribution in [0.4, 0.5) is 5.69 Å². The molecule has 5 heteroatoms. The summed E-state index contributed by atoms with van der Waals surface area (Å²) in [7, 11) is 0. The van der Waals surface area contributed by atoms with Crippen molar-refractivity contribution in [3.8, 4) is 0 Å². The molecule has 0 bridgehead atoms. The predicted octanol–water partition coefficient (Wildman–Crippen LogP) is 1.66. The van der Waals surface area contributed by atoms with Crippen LogP contribution in [0.2, 0.25) is 0 Å². The van der Waals surface area contributed by atoms with Crippen molar-refractivity contribution in [2.24, 2.45) is 5.73 Å². The molecule has 0 radical (unpaired) electrons. The monoisotopic (exact) mass is 235 g/mol. The summed E-state index contributed by atoms with van der Waals surface area (Å²) in [4.78, 5) is 13.6. The highest BCUT2D eigenvalue weighted by atomic mass is 16.4. The number of fused-ring (bicyclic) bond motifs is 1. The van der Waals surface area contributed by atoms with Gasteiger partial charge in [-0.15, -0.1) is 0 Å². The van der Waals surface area contributed by atoms with Crippen molar-refractivity contribution in [2.75, 3.05) is 11.9 Å². The number of H-pyrrole nitrogens is 1. The van der Waals surface area contributed by atoms with Gasteiger partial charge in [0.25, 0.3) is 0 Å². The fourth-order valence-corrected chi connectivity index (χ4v) is 1.59. The summed E-state index contributed by atoms with van der Waals surface area (Å²) in [6, 6.07) is 5.50. The van der Waals surface area contributed by atoms with Crippen LogP contribution in [-0.4, -0.2) is 17.1 Å². The molecule has 0 aliphatic carbocycles. The first-order valence-electron chi connectivity index (χ1n) is 5.60. The minimum Gasteiger partial charge on any atom is -0.408 e. The maximum atomic E-state index is 11.0. The third-order valence-electron chi connectivity index (χ3n) is 2.52. The topological polar surface area (TPSA) is 84.0 Å². The van der Waals surface area contributed by atoms with E-state index in [4.69, 9.17) is 10.2 Å². The van der Waals surface area contributed by atoms with Crippen LogP contribution in [0.15, 0.2) is 27.4 Å². The number of nitrogens with one attached hydrogen (secondary N) is 2. The Labute approximate surface area is 99.0 Å². The smallest absolute Gasteiger partial charge is 0.408 e. The predicted molar refractivity (Wildman–Crippen MR) is 68.2 cm³/mol. The lowest BCUT2D eigenvalue weighted by Crippen LogP contribution is -2.34. The van der Waals surface area contributed by atoms with Gasteiger partial charge >= 0.3 is 5.76 Å². The molecule has 0 spiro atoms. The van der Waals surface area contributed by atoms with Crippen molar-refractivity contribution in [3.05, 3.63) is 28.7 Å². The number of oxazole rings is 1. The zero-order valence-corrected chi connectivity index (χ0v) is 10.0. The molecule has 0 unspecified atom stereocenters. The third kappa shape index (κ3) is 3.10. The highest BCUT2D eigenvalue weighted by Crippen LogP contribution is 2.16. The molecule has 0 amide bonds. The first kappa shape index (κ1) is 11.7. The molecule has 0 aliphatic rings. The van der Waals surface area contributed by atoms with E-state index in [1.54, 1.807) is 6.07 Å². The van der Waals surface area contributed by atoms with Crippen LogP contribution in [0.25, 0.3) is 11.1 Å². The van der Waals surface area contributed by atoms with Crippen LogP contribution >= 0.6 is 0 Å². The SMILES string of the molecule is CC(C)(N)CCNc1ccc2oc(=O)[nH]c2c1. The number of nitrogens with two attached hydrogens (primary N) is 1. The van der Waals surface area contributed by atoms with Crippen molar-refractivity contribution in [3.63, 3.8) is 0 Å². The molecular weight excluding hydrogens is 218 g/mol. The molecule has 2 aromatic rings. The van der Waals surface area contributed by atoms with Gasteiger partial charge in [0.05, 0.1) is 5.52 Å². The second-order valence-electron chi connectivity index (χ2n) is 4.89. The Balaban J connectivity index is 2.06. The summed E-state index contributed by atoms with van der Waals surface area (Å²) in [6.07, 6.45) is 0.868. The van der Waals surface area contributed by atoms with Crippen LogP contribution in [-0.2, 0) is 0 Å². The number of aromatic nitrogens is 1. The Hall–Kier alpha value is -1.75. The lowest BCUT2D eigenvalue weighted by atomic mass is 10.0. The number of anilines is 1. The second-order valence-corrected chi connectivity index (χ2v) is 4.89. The largest absolute Gasteiger partial charge is 0.417 e. The number of aromatic amines is 1. The Bertz CT molecular complexity index is 563. The zero-order chi connectivity index (χ0) is 12.5. The maximum Gasteiger partial charge on any atom is 0.417 e. The van der Waals surface area contributed by atoms with Gasteiger partial charge in [-0.1, -0.05) is 0 Å². The molecule has 2 rings (SSSR count). The van der Waals surface area contributed by atoms with E-state index in [1.807, 2.05) is 26.0 Å². The average molecular weight is 235 g/mol. The molecule has 1 heterocycles. The number of hydrogen-bond acceptors (Lipinski definition) is 4. The molecule has 5 nitrogen and oxygen atoms in total. The van der Waals surface area contributed by atoms with Gasteiger partial charge in [0.1, 0.15) is 0 Å². The van der Waals surface area contributed by atoms with Crippen molar-refractivity contribution >= 4 is 16.8 Å². The van der Waals surface area contributed by atoms with Crippen molar-refractivity contribution in [1.82, 2.24) is 4.98 Å². The molecular formula is C12H17N3O2. The van der Waals surface area contributed by atoms with E-state index in [2.05, 4.69) is 10.3 Å². The van der Waals surface area contributed by atoms with E-state index in [-0.39, 0.29) is 5.54 Å². The fraction of sp³-hybridized carbons (Fsp3) is 0.417. The standard InChI is InChI=1S/C12H17N3O2/c1-12(2,13)5-6-14-8-3-4-10-9(7-8)15-11(16)17-10/h3-4,7,14H,5-6,13H2,1-2H3,(H,15,16). The first-order chi connectivity index (χ1) is 7.94. The highest BCUT2D eigenvalue weighted by Gasteiger charge is 2.09. The third-order valence-corrected chi connectivity index (χ3v) is 2.52. The van der Waals surface area contributed by atoms with E-state index < -0.39 is 5.76 Å². The van der Waals surface area contributed by atoms with Crippen LogP contribution in [0.5, 0.6) is 0 Å². The van der Waals surface area contributed by atoms with Crippen molar-refractivity contribution in [1.29, 1.82) is 0 Å². The van der Waals surface area contributed by atoms with Gasteiger partial charge in [0.2, 0.25) is 0 Å². The van der Waals surface area contributed by atoms with Gasteiger partial charge in [0, 0.05) is 17.8 Å². The van der Waals surface area contributed by atoms with Gasteiger partial charge < -0.3 is 15.5 Å². The van der Waals surface area contributed by atoms with Crippen LogP contribution in [0.1, 0.15) is 20.3 Å². The summed E-state index contributed by atoms with van der Waals surface area (Å²) in [6.45, 7) is 4.77. The normalized spacial score (nSPS) is 11.9. The Morgan fingerprint density at radius 1 is 1.47 bits per heavy atom. The van der Waals surface area contributed by atoms with E-state index in [1.165, 1.54) is 0 Å². The summed E-state index contributed by atoms with van der Waals surface area (Å²) < 4.78 is 4.92. The molecule has 0 fully saturated rings. The van der Waals surface area contributed by atoms with Crippen LogP contribution in [0.3, 0.4) is 0 Å². The fourth-order valence-electron chi connectivity index (χ4n) is 1.59. The Morgan fingerprint density at radius 2 is 2.24 bits per heavy atom. The molecule has 0 atom stereocenters. The van der Waals surface area contributed by atoms with Gasteiger partial charge in [-0.25, -0.2) is 4.79 Å². The molecule has 1 aromatic heterocycles. The molecule has 4 N–H and O–H groups in total. The molecule has 17 heavy (non-hydrogen) atoms. The molecule has 1 aromatic carbocycles. The zero-order valence-electron chi connectivity index (χ0n) is 10.0. The maximum absolute atomic E-state index is 11.0. The number of benzene rings is 1. The second kappa shape index (κ2) is 4.25. The Kier molecular flexibility index (Phi) is 2.93. The molecule has 0 saturated carbocycles. The van der Waals surface area contributed by atoms with Gasteiger partial charge in [-0.2, -0.15) is 0 Å². The van der Waals surface area contributed by atoms with E-state index in [0.717, 1.165) is 18.7 Å². The minimum atomic E-state index is -0.430. The number of rotatable bonds is 4. The van der Waals surface area contributed by atoms with Crippen LogP contribution < -0.4 is 16.8 Å². The Morgan fingerprint density at radius 3 is 2.94 bits per heavy atom. The summed E-state index contributed by atoms with van der Waals surface area (Å²) in [5, 5.41) is 3.26. The van der Waals surface area contributed by atoms with Gasteiger partial charge in [-0.05, 0) is 38.5 Å². The van der Waals surface area contributed by atoms with Crippen molar-refractivity contribution in [2.45, 2.75) is 25.8 Å². The highest BCUT2D eigenvalue weighted by molar-refractivity contribution is 5.76. The quantitative estimate of drug-likeness (QED) is 0.752. The van der Waals surface area contributed by atoms with E-state index in [0.29, 0.717) is 11.1 Å². The lowest BCUT2D eigenvalue weighted by molar-refractivity contribution is 0.491. The summed E-state index contributed by atoms with van der Waals surface area (Å²) >= 11 is 0. The first-order valence-corrected chi connectivity index (χ1v) is 5.60. The number of hydrogen-bond donors (Lipinski definition) is 3. The van der Waals surface area contributed by atoms with E-state index in [9.17, 15) is 4.79 Å². The molecule has 0 saturated heterocycles.